The maximum absolute atomic E-state index is 6.14. The molecule has 7 rings (SSSR count). The number of aryl methyl sites for hydroxylation is 2. The molecule has 6 heterocycles. The van der Waals surface area contributed by atoms with Gasteiger partial charge in [0.1, 0.15) is 20.6 Å². The predicted molar refractivity (Wildman–Crippen MR) is 168 cm³/mol. The lowest BCUT2D eigenvalue weighted by molar-refractivity contribution is 0.429. The lowest BCUT2D eigenvalue weighted by Crippen LogP contribution is -2.07. The van der Waals surface area contributed by atoms with E-state index in [1.807, 2.05) is 12.1 Å². The normalized spacial score (nSPS) is 11.1. The van der Waals surface area contributed by atoms with E-state index in [2.05, 4.69) is 79.7 Å². The quantitative estimate of drug-likeness (QED) is 0.169. The molecule has 0 saturated carbocycles. The molecule has 0 aliphatic carbocycles. The third kappa shape index (κ3) is 6.18. The first kappa shape index (κ1) is 28.0. The number of rotatable bonds is 8. The van der Waals surface area contributed by atoms with E-state index in [1.165, 1.54) is 15.3 Å². The van der Waals surface area contributed by atoms with Crippen LogP contribution in [0.15, 0.2) is 76.0 Å². The Morgan fingerprint density at radius 2 is 1.33 bits per heavy atom. The van der Waals surface area contributed by atoms with Crippen molar-refractivity contribution in [2.75, 3.05) is 11.9 Å². The molecule has 0 atom stereocenters. The molecule has 0 radical (unpaired) electrons. The van der Waals surface area contributed by atoms with Gasteiger partial charge in [0.2, 0.25) is 23.2 Å². The van der Waals surface area contributed by atoms with Crippen molar-refractivity contribution in [1.82, 2.24) is 30.2 Å². The SMILES string of the molecule is CCc1cc2c(Cl)nc(-c3ccno3)nc2s1.CCc1cc2c(NCCc3ccccc3)nc(-c3ccno3)nc2s1. The number of nitrogens with one attached hydrogen (secondary N) is 1. The smallest absolute Gasteiger partial charge is 0.204 e. The number of hydrogen-bond donors (Lipinski definition) is 1. The molecule has 0 amide bonds. The highest BCUT2D eigenvalue weighted by Crippen LogP contribution is 2.32. The number of nitrogens with zero attached hydrogens (tertiary/aromatic N) is 6. The van der Waals surface area contributed by atoms with Gasteiger partial charge in [-0.2, -0.15) is 0 Å². The minimum absolute atomic E-state index is 0.456. The van der Waals surface area contributed by atoms with Crippen LogP contribution in [-0.2, 0) is 19.3 Å². The van der Waals surface area contributed by atoms with Crippen molar-refractivity contribution in [2.45, 2.75) is 33.1 Å². The van der Waals surface area contributed by atoms with E-state index in [-0.39, 0.29) is 0 Å². The van der Waals surface area contributed by atoms with Gasteiger partial charge >= 0.3 is 0 Å². The summed E-state index contributed by atoms with van der Waals surface area (Å²) >= 11 is 9.47. The Bertz CT molecular complexity index is 1900. The molecule has 9 nitrogen and oxygen atoms in total. The van der Waals surface area contributed by atoms with Gasteiger partial charge in [0.15, 0.2) is 0 Å². The Morgan fingerprint density at radius 3 is 1.93 bits per heavy atom. The average molecular weight is 616 g/mol. The van der Waals surface area contributed by atoms with Crippen LogP contribution in [0.4, 0.5) is 5.82 Å². The fourth-order valence-electron chi connectivity index (χ4n) is 4.24. The van der Waals surface area contributed by atoms with Crippen LogP contribution in [0.25, 0.3) is 43.6 Å². The lowest BCUT2D eigenvalue weighted by Gasteiger charge is -2.08. The number of fused-ring (bicyclic) bond motifs is 2. The lowest BCUT2D eigenvalue weighted by atomic mass is 10.1. The minimum atomic E-state index is 0.456. The predicted octanol–water partition coefficient (Wildman–Crippen LogP) is 8.13. The molecule has 0 spiro atoms. The number of benzene rings is 1. The number of halogens is 1. The fourth-order valence-corrected chi connectivity index (χ4v) is 6.46. The van der Waals surface area contributed by atoms with Crippen LogP contribution < -0.4 is 5.32 Å². The second kappa shape index (κ2) is 12.8. The monoisotopic (exact) mass is 615 g/mol. The maximum Gasteiger partial charge on any atom is 0.204 e. The van der Waals surface area contributed by atoms with E-state index in [4.69, 9.17) is 20.6 Å². The van der Waals surface area contributed by atoms with E-state index in [0.717, 1.165) is 52.1 Å². The summed E-state index contributed by atoms with van der Waals surface area (Å²) in [5, 5.41) is 13.3. The summed E-state index contributed by atoms with van der Waals surface area (Å²) in [7, 11) is 0. The molecule has 0 aliphatic rings. The number of anilines is 1. The molecule has 0 bridgehead atoms. The highest BCUT2D eigenvalue weighted by molar-refractivity contribution is 7.19. The zero-order valence-electron chi connectivity index (χ0n) is 22.9. The second-order valence-corrected chi connectivity index (χ2v) is 11.8. The molecule has 0 saturated heterocycles. The molecular formula is C30H26ClN7O2S2. The number of aromatic nitrogens is 6. The standard InChI is InChI=1S/C19H18N4OS.C11H8ClN3OS/c1-2-14-12-15-17(20-10-8-13-6-4-3-5-7-13)22-18(23-19(15)25-14)16-9-11-21-24-16;1-2-6-5-7-9(12)14-10(15-11(7)17-6)8-3-4-13-16-8/h3-7,9,11-12H,2,8,10H2,1H3,(H,20,22,23);3-5H,2H2,1H3. The van der Waals surface area contributed by atoms with Crippen molar-refractivity contribution < 1.29 is 9.05 Å². The molecule has 1 aromatic carbocycles. The van der Waals surface area contributed by atoms with Crippen molar-refractivity contribution in [3.8, 4) is 23.2 Å². The van der Waals surface area contributed by atoms with Gasteiger partial charge in [0, 0.05) is 33.8 Å². The van der Waals surface area contributed by atoms with Crippen LogP contribution in [-0.4, -0.2) is 36.8 Å². The Labute approximate surface area is 254 Å². The summed E-state index contributed by atoms with van der Waals surface area (Å²) in [4.78, 5) is 22.4. The summed E-state index contributed by atoms with van der Waals surface area (Å²) in [5.74, 6) is 3.00. The van der Waals surface area contributed by atoms with Gasteiger partial charge in [-0.15, -0.1) is 22.7 Å². The van der Waals surface area contributed by atoms with Crippen LogP contribution in [0.1, 0.15) is 29.2 Å². The third-order valence-electron chi connectivity index (χ3n) is 6.40. The summed E-state index contributed by atoms with van der Waals surface area (Å²) in [6.45, 7) is 5.06. The highest BCUT2D eigenvalue weighted by atomic mass is 35.5. The molecule has 6 aromatic heterocycles. The Balaban J connectivity index is 0.000000162. The molecule has 0 aliphatic heterocycles. The van der Waals surface area contributed by atoms with Gasteiger partial charge in [-0.05, 0) is 37.0 Å². The van der Waals surface area contributed by atoms with Gasteiger partial charge in [-0.3, -0.25) is 0 Å². The molecular weight excluding hydrogens is 590 g/mol. The van der Waals surface area contributed by atoms with Gasteiger partial charge in [-0.1, -0.05) is 66.1 Å². The Hall–Kier alpha value is -4.19. The van der Waals surface area contributed by atoms with E-state index < -0.39 is 0 Å². The minimum Gasteiger partial charge on any atom is -0.369 e. The van der Waals surface area contributed by atoms with Crippen LogP contribution in [0.5, 0.6) is 0 Å². The van der Waals surface area contributed by atoms with E-state index in [9.17, 15) is 0 Å². The summed E-state index contributed by atoms with van der Waals surface area (Å²) in [6, 6.07) is 18.1. The van der Waals surface area contributed by atoms with Gasteiger partial charge in [0.05, 0.1) is 17.8 Å². The maximum atomic E-state index is 6.14. The molecule has 1 N–H and O–H groups in total. The van der Waals surface area contributed by atoms with Crippen LogP contribution in [0.2, 0.25) is 5.15 Å². The summed E-state index contributed by atoms with van der Waals surface area (Å²) in [5.41, 5.74) is 1.30. The van der Waals surface area contributed by atoms with Crippen molar-refractivity contribution in [3.05, 3.63) is 87.5 Å². The first-order chi connectivity index (χ1) is 20.6. The van der Waals surface area contributed by atoms with Gasteiger partial charge < -0.3 is 14.4 Å². The van der Waals surface area contributed by atoms with Crippen molar-refractivity contribution in [3.63, 3.8) is 0 Å². The molecule has 212 valence electrons. The number of hydrogen-bond acceptors (Lipinski definition) is 11. The van der Waals surface area contributed by atoms with Crippen LogP contribution >= 0.6 is 34.3 Å². The summed E-state index contributed by atoms with van der Waals surface area (Å²) < 4.78 is 10.3. The zero-order chi connectivity index (χ0) is 28.9. The average Bonchev–Trinajstić information content (AvgIpc) is 3.84. The van der Waals surface area contributed by atoms with E-state index in [0.29, 0.717) is 28.3 Å². The van der Waals surface area contributed by atoms with Crippen molar-refractivity contribution in [1.29, 1.82) is 0 Å². The molecule has 0 fully saturated rings. The highest BCUT2D eigenvalue weighted by Gasteiger charge is 2.15. The largest absolute Gasteiger partial charge is 0.369 e. The van der Waals surface area contributed by atoms with Crippen molar-refractivity contribution in [2.24, 2.45) is 0 Å². The van der Waals surface area contributed by atoms with Crippen LogP contribution in [0.3, 0.4) is 0 Å². The van der Waals surface area contributed by atoms with Gasteiger partial charge in [0.25, 0.3) is 0 Å². The summed E-state index contributed by atoms with van der Waals surface area (Å²) in [6.07, 6.45) is 6.06. The second-order valence-electron chi connectivity index (χ2n) is 9.22. The topological polar surface area (TPSA) is 116 Å². The Morgan fingerprint density at radius 1 is 0.738 bits per heavy atom. The fraction of sp³-hybridized carbons (Fsp3) is 0.200. The van der Waals surface area contributed by atoms with Gasteiger partial charge in [-0.25, -0.2) is 19.9 Å². The first-order valence-corrected chi connectivity index (χ1v) is 15.5. The van der Waals surface area contributed by atoms with E-state index in [1.54, 1.807) is 47.2 Å². The zero-order valence-corrected chi connectivity index (χ0v) is 25.3. The van der Waals surface area contributed by atoms with E-state index >= 15 is 0 Å². The molecule has 12 heteroatoms. The number of thiophene rings is 2. The first-order valence-electron chi connectivity index (χ1n) is 13.5. The molecule has 42 heavy (non-hydrogen) atoms. The van der Waals surface area contributed by atoms with Crippen LogP contribution in [0, 0.1) is 0 Å². The van der Waals surface area contributed by atoms with Crippen molar-refractivity contribution >= 4 is 60.5 Å². The third-order valence-corrected chi connectivity index (χ3v) is 9.04. The molecule has 0 unspecified atom stereocenters. The molecule has 7 aromatic rings. The Kier molecular flexibility index (Phi) is 8.50.